The van der Waals surface area contributed by atoms with Crippen molar-refractivity contribution in [3.8, 4) is 0 Å². The van der Waals surface area contributed by atoms with Crippen molar-refractivity contribution in [3.63, 3.8) is 0 Å². The van der Waals surface area contributed by atoms with Crippen LogP contribution in [0.15, 0.2) is 18.2 Å². The number of rotatable bonds is 4. The number of hydrogen-bond acceptors (Lipinski definition) is 2. The molecule has 1 aromatic carbocycles. The van der Waals surface area contributed by atoms with E-state index >= 15 is 0 Å². The van der Waals surface area contributed by atoms with E-state index in [1.54, 1.807) is 0 Å². The molecule has 17 heavy (non-hydrogen) atoms. The number of nitrogens with one attached hydrogen (secondary N) is 1. The zero-order valence-electron chi connectivity index (χ0n) is 10.8. The molecule has 94 valence electrons. The van der Waals surface area contributed by atoms with Gasteiger partial charge in [0.15, 0.2) is 0 Å². The maximum Gasteiger partial charge on any atom is 0.0642 e. The predicted molar refractivity (Wildman–Crippen MR) is 75.0 cm³/mol. The number of benzene rings is 1. The molecule has 1 fully saturated rings. The molecule has 1 aromatic rings. The summed E-state index contributed by atoms with van der Waals surface area (Å²) >= 11 is 6.38. The second kappa shape index (κ2) is 5.28. The van der Waals surface area contributed by atoms with Crippen LogP contribution in [-0.4, -0.2) is 20.1 Å². The molecule has 1 aliphatic rings. The van der Waals surface area contributed by atoms with Gasteiger partial charge in [-0.25, -0.2) is 0 Å². The van der Waals surface area contributed by atoms with Gasteiger partial charge in [0, 0.05) is 19.1 Å². The number of anilines is 1. The third kappa shape index (κ3) is 2.58. The lowest BCUT2D eigenvalue weighted by atomic mass is 9.91. The Morgan fingerprint density at radius 3 is 2.59 bits per heavy atom. The third-order valence-electron chi connectivity index (χ3n) is 3.91. The Morgan fingerprint density at radius 2 is 2.12 bits per heavy atom. The summed E-state index contributed by atoms with van der Waals surface area (Å²) < 4.78 is 0. The molecule has 0 bridgehead atoms. The first-order valence-corrected chi connectivity index (χ1v) is 6.71. The lowest BCUT2D eigenvalue weighted by molar-refractivity contribution is 0.401. The molecule has 1 N–H and O–H groups in total. The summed E-state index contributed by atoms with van der Waals surface area (Å²) in [6.45, 7) is 2.14. The Hall–Kier alpha value is -0.730. The van der Waals surface area contributed by atoms with E-state index in [-0.39, 0.29) is 0 Å². The molecule has 0 heterocycles. The van der Waals surface area contributed by atoms with Crippen LogP contribution in [0.3, 0.4) is 0 Å². The first-order chi connectivity index (χ1) is 8.13. The van der Waals surface area contributed by atoms with E-state index in [9.17, 15) is 0 Å². The molecule has 0 radical (unpaired) electrons. The highest BCUT2D eigenvalue weighted by Gasteiger charge is 2.23. The van der Waals surface area contributed by atoms with Crippen LogP contribution in [0.1, 0.15) is 37.8 Å². The molecule has 0 aromatic heterocycles. The zero-order chi connectivity index (χ0) is 12.4. The summed E-state index contributed by atoms with van der Waals surface area (Å²) in [5.74, 6) is 0. The van der Waals surface area contributed by atoms with Gasteiger partial charge in [0.2, 0.25) is 0 Å². The van der Waals surface area contributed by atoms with Gasteiger partial charge in [0.05, 0.1) is 10.7 Å². The number of hydrogen-bond donors (Lipinski definition) is 1. The standard InChI is InChI=1S/C14H21ClN2/c1-10(16-2)11-7-8-14(13(15)9-11)17(3)12-5-4-6-12/h7-10,12,16H,4-6H2,1-3H3. The van der Waals surface area contributed by atoms with Crippen molar-refractivity contribution in [1.29, 1.82) is 0 Å². The predicted octanol–water partition coefficient (Wildman–Crippen LogP) is 3.61. The van der Waals surface area contributed by atoms with Crippen LogP contribution in [0.2, 0.25) is 5.02 Å². The molecule has 2 rings (SSSR count). The highest BCUT2D eigenvalue weighted by molar-refractivity contribution is 6.33. The van der Waals surface area contributed by atoms with Crippen LogP contribution in [0, 0.1) is 0 Å². The fraction of sp³-hybridized carbons (Fsp3) is 0.571. The van der Waals surface area contributed by atoms with E-state index in [0.29, 0.717) is 12.1 Å². The first kappa shape index (κ1) is 12.7. The van der Waals surface area contributed by atoms with Crippen molar-refractivity contribution >= 4 is 17.3 Å². The topological polar surface area (TPSA) is 15.3 Å². The van der Waals surface area contributed by atoms with Gasteiger partial charge in [-0.3, -0.25) is 0 Å². The highest BCUT2D eigenvalue weighted by Crippen LogP contribution is 2.34. The van der Waals surface area contributed by atoms with Crippen molar-refractivity contribution in [2.75, 3.05) is 19.0 Å². The van der Waals surface area contributed by atoms with E-state index in [0.717, 1.165) is 10.7 Å². The highest BCUT2D eigenvalue weighted by atomic mass is 35.5. The minimum absolute atomic E-state index is 0.343. The normalized spacial score (nSPS) is 17.6. The van der Waals surface area contributed by atoms with Crippen LogP contribution in [0.5, 0.6) is 0 Å². The van der Waals surface area contributed by atoms with Gasteiger partial charge in [-0.15, -0.1) is 0 Å². The van der Waals surface area contributed by atoms with Crippen LogP contribution >= 0.6 is 11.6 Å². The summed E-state index contributed by atoms with van der Waals surface area (Å²) in [7, 11) is 4.11. The van der Waals surface area contributed by atoms with E-state index in [1.165, 1.54) is 24.8 Å². The molecule has 0 saturated heterocycles. The monoisotopic (exact) mass is 252 g/mol. The first-order valence-electron chi connectivity index (χ1n) is 6.33. The Balaban J connectivity index is 2.18. The summed E-state index contributed by atoms with van der Waals surface area (Å²) in [4.78, 5) is 2.32. The largest absolute Gasteiger partial charge is 0.370 e. The van der Waals surface area contributed by atoms with E-state index in [1.807, 2.05) is 7.05 Å². The number of nitrogens with zero attached hydrogens (tertiary/aromatic N) is 1. The van der Waals surface area contributed by atoms with E-state index in [4.69, 9.17) is 11.6 Å². The average molecular weight is 253 g/mol. The van der Waals surface area contributed by atoms with Gasteiger partial charge in [-0.05, 0) is 50.9 Å². The Labute approximate surface area is 109 Å². The molecule has 1 unspecified atom stereocenters. The van der Waals surface area contributed by atoms with Crippen molar-refractivity contribution < 1.29 is 0 Å². The molecule has 0 spiro atoms. The Bertz CT molecular complexity index is 388. The summed E-state index contributed by atoms with van der Waals surface area (Å²) in [5, 5.41) is 4.09. The molecule has 1 saturated carbocycles. The fourth-order valence-corrected chi connectivity index (χ4v) is 2.54. The van der Waals surface area contributed by atoms with Crippen molar-refractivity contribution in [1.82, 2.24) is 5.32 Å². The SMILES string of the molecule is CNC(C)c1ccc(N(C)C2CCC2)c(Cl)c1. The maximum absolute atomic E-state index is 6.38. The van der Waals surface area contributed by atoms with Gasteiger partial charge in [0.1, 0.15) is 0 Å². The van der Waals surface area contributed by atoms with Crippen molar-refractivity contribution in [2.24, 2.45) is 0 Å². The molecule has 2 nitrogen and oxygen atoms in total. The molecule has 0 amide bonds. The summed E-state index contributed by atoms with van der Waals surface area (Å²) in [5.41, 5.74) is 2.40. The molecule has 0 aliphatic heterocycles. The summed E-state index contributed by atoms with van der Waals surface area (Å²) in [6, 6.07) is 7.41. The van der Waals surface area contributed by atoms with Gasteiger partial charge >= 0.3 is 0 Å². The quantitative estimate of drug-likeness (QED) is 0.881. The lowest BCUT2D eigenvalue weighted by Gasteiger charge is -2.37. The van der Waals surface area contributed by atoms with Crippen molar-refractivity contribution in [2.45, 2.75) is 38.3 Å². The average Bonchev–Trinajstić information content (AvgIpc) is 2.25. The molecular formula is C14H21ClN2. The summed E-state index contributed by atoms with van der Waals surface area (Å²) in [6.07, 6.45) is 3.94. The fourth-order valence-electron chi connectivity index (χ4n) is 2.22. The van der Waals surface area contributed by atoms with Crippen LogP contribution in [-0.2, 0) is 0 Å². The van der Waals surface area contributed by atoms with Gasteiger partial charge in [-0.1, -0.05) is 17.7 Å². The second-order valence-corrected chi connectivity index (χ2v) is 5.32. The molecule has 3 heteroatoms. The van der Waals surface area contributed by atoms with Gasteiger partial charge in [0.25, 0.3) is 0 Å². The second-order valence-electron chi connectivity index (χ2n) is 4.92. The minimum Gasteiger partial charge on any atom is -0.370 e. The molecule has 1 atom stereocenters. The smallest absolute Gasteiger partial charge is 0.0642 e. The maximum atomic E-state index is 6.38. The minimum atomic E-state index is 0.343. The molecule has 1 aliphatic carbocycles. The van der Waals surface area contributed by atoms with Crippen LogP contribution in [0.25, 0.3) is 0 Å². The third-order valence-corrected chi connectivity index (χ3v) is 4.21. The lowest BCUT2D eigenvalue weighted by Crippen LogP contribution is -2.37. The Morgan fingerprint density at radius 1 is 1.41 bits per heavy atom. The Kier molecular flexibility index (Phi) is 3.95. The van der Waals surface area contributed by atoms with E-state index in [2.05, 4.69) is 42.4 Å². The van der Waals surface area contributed by atoms with Gasteiger partial charge < -0.3 is 10.2 Å². The number of halogens is 1. The van der Waals surface area contributed by atoms with Crippen LogP contribution < -0.4 is 10.2 Å². The van der Waals surface area contributed by atoms with Gasteiger partial charge in [-0.2, -0.15) is 0 Å². The zero-order valence-corrected chi connectivity index (χ0v) is 11.6. The molecular weight excluding hydrogens is 232 g/mol. The van der Waals surface area contributed by atoms with Crippen molar-refractivity contribution in [3.05, 3.63) is 28.8 Å². The van der Waals surface area contributed by atoms with Crippen LogP contribution in [0.4, 0.5) is 5.69 Å². The van der Waals surface area contributed by atoms with E-state index < -0.39 is 0 Å².